The summed E-state index contributed by atoms with van der Waals surface area (Å²) in [6, 6.07) is 7.74. The van der Waals surface area contributed by atoms with Crippen molar-refractivity contribution in [3.05, 3.63) is 34.9 Å². The minimum Gasteiger partial charge on any atom is -0.355 e. The maximum atomic E-state index is 12.7. The SMILES string of the molecule is C[C@@H](CNC(=O)C1(c2cccc(Cl)c2)CC1)CN1CCN(C)CC1. The van der Waals surface area contributed by atoms with Gasteiger partial charge in [-0.05, 0) is 43.5 Å². The number of carbonyl (C=O) groups is 1. The van der Waals surface area contributed by atoms with E-state index in [1.165, 1.54) is 0 Å². The second-order valence-electron chi connectivity index (χ2n) is 7.51. The Hall–Kier alpha value is -1.10. The number of likely N-dealkylation sites (N-methyl/N-ethyl adjacent to an activating group) is 1. The Labute approximate surface area is 150 Å². The second kappa shape index (κ2) is 7.42. The molecule has 5 heteroatoms. The normalized spacial score (nSPS) is 22.1. The third kappa shape index (κ3) is 4.11. The van der Waals surface area contributed by atoms with E-state index in [1.807, 2.05) is 24.3 Å². The molecule has 1 aliphatic carbocycles. The molecule has 132 valence electrons. The number of carbonyl (C=O) groups excluding carboxylic acids is 1. The number of hydrogen-bond donors (Lipinski definition) is 1. The first-order valence-corrected chi connectivity index (χ1v) is 9.33. The average Bonchev–Trinajstić information content (AvgIpc) is 3.37. The lowest BCUT2D eigenvalue weighted by molar-refractivity contribution is -0.123. The third-order valence-corrected chi connectivity index (χ3v) is 5.57. The van der Waals surface area contributed by atoms with E-state index in [-0.39, 0.29) is 11.3 Å². The highest BCUT2D eigenvalue weighted by Gasteiger charge is 2.51. The van der Waals surface area contributed by atoms with Crippen molar-refractivity contribution in [2.75, 3.05) is 46.3 Å². The second-order valence-corrected chi connectivity index (χ2v) is 7.95. The van der Waals surface area contributed by atoms with Gasteiger partial charge in [-0.2, -0.15) is 0 Å². The van der Waals surface area contributed by atoms with Gasteiger partial charge in [0.1, 0.15) is 0 Å². The fourth-order valence-electron chi connectivity index (χ4n) is 3.53. The Bertz CT molecular complexity index is 580. The third-order valence-electron chi connectivity index (χ3n) is 5.34. The number of nitrogens with zero attached hydrogens (tertiary/aromatic N) is 2. The van der Waals surface area contributed by atoms with Crippen LogP contribution in [0.25, 0.3) is 0 Å². The fourth-order valence-corrected chi connectivity index (χ4v) is 3.72. The van der Waals surface area contributed by atoms with Gasteiger partial charge in [0.2, 0.25) is 5.91 Å². The molecule has 1 atom stereocenters. The summed E-state index contributed by atoms with van der Waals surface area (Å²) in [6.45, 7) is 8.54. The first kappa shape index (κ1) is 17.7. The maximum absolute atomic E-state index is 12.7. The lowest BCUT2D eigenvalue weighted by Crippen LogP contribution is -2.47. The molecule has 24 heavy (non-hydrogen) atoms. The molecule has 2 aliphatic rings. The Balaban J connectivity index is 1.48. The molecule has 1 heterocycles. The van der Waals surface area contributed by atoms with Crippen molar-refractivity contribution in [1.82, 2.24) is 15.1 Å². The molecule has 1 aliphatic heterocycles. The van der Waals surface area contributed by atoms with Crippen molar-refractivity contribution in [3.8, 4) is 0 Å². The molecule has 0 spiro atoms. The lowest BCUT2D eigenvalue weighted by Gasteiger charge is -2.34. The number of hydrogen-bond acceptors (Lipinski definition) is 3. The van der Waals surface area contributed by atoms with E-state index in [0.717, 1.165) is 57.7 Å². The Morgan fingerprint density at radius 3 is 2.62 bits per heavy atom. The van der Waals surface area contributed by atoms with Gasteiger partial charge < -0.3 is 15.1 Å². The molecule has 1 aromatic rings. The highest BCUT2D eigenvalue weighted by Crippen LogP contribution is 2.48. The summed E-state index contributed by atoms with van der Waals surface area (Å²) >= 11 is 6.09. The molecule has 1 saturated carbocycles. The Morgan fingerprint density at radius 2 is 2.00 bits per heavy atom. The highest BCUT2D eigenvalue weighted by atomic mass is 35.5. The number of benzene rings is 1. The van der Waals surface area contributed by atoms with Gasteiger partial charge in [-0.1, -0.05) is 30.7 Å². The van der Waals surface area contributed by atoms with Crippen LogP contribution in [-0.4, -0.2) is 62.0 Å². The van der Waals surface area contributed by atoms with Crippen molar-refractivity contribution >= 4 is 17.5 Å². The minimum atomic E-state index is -0.335. The van der Waals surface area contributed by atoms with Crippen molar-refractivity contribution in [2.24, 2.45) is 5.92 Å². The van der Waals surface area contributed by atoms with Gasteiger partial charge in [0.05, 0.1) is 5.41 Å². The van der Waals surface area contributed by atoms with E-state index in [1.54, 1.807) is 0 Å². The summed E-state index contributed by atoms with van der Waals surface area (Å²) in [4.78, 5) is 17.6. The van der Waals surface area contributed by atoms with Crippen molar-refractivity contribution in [1.29, 1.82) is 0 Å². The van der Waals surface area contributed by atoms with Gasteiger partial charge in [-0.25, -0.2) is 0 Å². The first-order chi connectivity index (χ1) is 11.5. The van der Waals surface area contributed by atoms with E-state index in [4.69, 9.17) is 11.6 Å². The van der Waals surface area contributed by atoms with Crippen LogP contribution in [0.1, 0.15) is 25.3 Å². The van der Waals surface area contributed by atoms with Crippen molar-refractivity contribution in [3.63, 3.8) is 0 Å². The van der Waals surface area contributed by atoms with Crippen molar-refractivity contribution in [2.45, 2.75) is 25.2 Å². The number of amides is 1. The van der Waals surface area contributed by atoms with Crippen molar-refractivity contribution < 1.29 is 4.79 Å². The largest absolute Gasteiger partial charge is 0.355 e. The molecule has 1 N–H and O–H groups in total. The smallest absolute Gasteiger partial charge is 0.230 e. The van der Waals surface area contributed by atoms with E-state index in [0.29, 0.717) is 10.9 Å². The molecular weight excluding hydrogens is 322 g/mol. The number of nitrogens with one attached hydrogen (secondary N) is 1. The van der Waals surface area contributed by atoms with Gasteiger partial charge >= 0.3 is 0 Å². The van der Waals surface area contributed by atoms with Crippen LogP contribution in [0.5, 0.6) is 0 Å². The van der Waals surface area contributed by atoms with E-state index < -0.39 is 0 Å². The van der Waals surface area contributed by atoms with Gasteiger partial charge in [-0.3, -0.25) is 4.79 Å². The quantitative estimate of drug-likeness (QED) is 0.856. The summed E-state index contributed by atoms with van der Waals surface area (Å²) in [6.07, 6.45) is 1.85. The van der Waals surface area contributed by atoms with Crippen LogP contribution in [0.3, 0.4) is 0 Å². The van der Waals surface area contributed by atoms with Gasteiger partial charge in [0.25, 0.3) is 0 Å². The van der Waals surface area contributed by atoms with Crippen LogP contribution < -0.4 is 5.32 Å². The average molecular weight is 350 g/mol. The summed E-state index contributed by atoms with van der Waals surface area (Å²) < 4.78 is 0. The monoisotopic (exact) mass is 349 g/mol. The standard InChI is InChI=1S/C19H28ClN3O/c1-15(14-23-10-8-22(2)9-11-23)13-21-18(24)19(6-7-19)16-4-3-5-17(20)12-16/h3-5,12,15H,6-11,13-14H2,1-2H3,(H,21,24)/t15-/m0/s1. The van der Waals surface area contributed by atoms with E-state index in [9.17, 15) is 4.79 Å². The van der Waals surface area contributed by atoms with Gasteiger partial charge in [0.15, 0.2) is 0 Å². The molecule has 1 aromatic carbocycles. The Kier molecular flexibility index (Phi) is 5.48. The predicted octanol–water partition coefficient (Wildman–Crippen LogP) is 2.37. The topological polar surface area (TPSA) is 35.6 Å². The molecule has 4 nitrogen and oxygen atoms in total. The summed E-state index contributed by atoms with van der Waals surface area (Å²) in [5.41, 5.74) is 0.720. The lowest BCUT2D eigenvalue weighted by atomic mass is 9.95. The van der Waals surface area contributed by atoms with Gasteiger partial charge in [-0.15, -0.1) is 0 Å². The number of halogens is 1. The minimum absolute atomic E-state index is 0.162. The number of rotatable bonds is 6. The van der Waals surface area contributed by atoms with Crippen LogP contribution in [0, 0.1) is 5.92 Å². The molecule has 1 saturated heterocycles. The molecule has 3 rings (SSSR count). The highest BCUT2D eigenvalue weighted by molar-refractivity contribution is 6.30. The van der Waals surface area contributed by atoms with Crippen LogP contribution >= 0.6 is 11.6 Å². The van der Waals surface area contributed by atoms with Crippen LogP contribution in [0.4, 0.5) is 0 Å². The molecule has 0 aromatic heterocycles. The fraction of sp³-hybridized carbons (Fsp3) is 0.632. The van der Waals surface area contributed by atoms with Crippen LogP contribution in [0.15, 0.2) is 24.3 Å². The van der Waals surface area contributed by atoms with E-state index >= 15 is 0 Å². The zero-order valence-electron chi connectivity index (χ0n) is 14.7. The molecule has 0 unspecified atom stereocenters. The zero-order valence-corrected chi connectivity index (χ0v) is 15.5. The Morgan fingerprint density at radius 1 is 1.29 bits per heavy atom. The molecule has 0 radical (unpaired) electrons. The van der Waals surface area contributed by atoms with Crippen LogP contribution in [0.2, 0.25) is 5.02 Å². The van der Waals surface area contributed by atoms with E-state index in [2.05, 4.69) is 29.1 Å². The van der Waals surface area contributed by atoms with Gasteiger partial charge in [0, 0.05) is 44.3 Å². The summed E-state index contributed by atoms with van der Waals surface area (Å²) in [5, 5.41) is 3.89. The summed E-state index contributed by atoms with van der Waals surface area (Å²) in [5.74, 6) is 0.627. The predicted molar refractivity (Wildman–Crippen MR) is 98.5 cm³/mol. The first-order valence-electron chi connectivity index (χ1n) is 8.95. The maximum Gasteiger partial charge on any atom is 0.230 e. The number of piperazine rings is 1. The summed E-state index contributed by atoms with van der Waals surface area (Å²) in [7, 11) is 2.17. The zero-order chi connectivity index (χ0) is 17.2. The molecular formula is C19H28ClN3O. The molecule has 1 amide bonds. The van der Waals surface area contributed by atoms with Crippen LogP contribution in [-0.2, 0) is 10.2 Å². The molecule has 2 fully saturated rings. The molecule has 0 bridgehead atoms.